The Labute approximate surface area is 234 Å². The standard InChI is InChI=1S/C31H32ClN5O2/c1-31(2,3)30-33-28(34-39-30)20-13-14-26(24(32)19-20)36-15-17-37(18-16-36)27-21-9-5-6-10-22(21)29(38)35(4)25-12-8-7-11-23(25)27/h5-14,19,27H,15-18H2,1-4H3. The summed E-state index contributed by atoms with van der Waals surface area (Å²) in [6.07, 6.45) is 0. The van der Waals surface area contributed by atoms with Gasteiger partial charge in [-0.1, -0.05) is 73.9 Å². The number of nitrogens with zero attached hydrogens (tertiary/aromatic N) is 5. The largest absolute Gasteiger partial charge is 0.368 e. The third-order valence-corrected chi connectivity index (χ3v) is 7.98. The number of halogens is 1. The summed E-state index contributed by atoms with van der Waals surface area (Å²) in [6, 6.07) is 22.2. The topological polar surface area (TPSA) is 65.7 Å². The summed E-state index contributed by atoms with van der Waals surface area (Å²) in [7, 11) is 1.86. The Bertz CT molecular complexity index is 1530. The second kappa shape index (κ2) is 9.81. The van der Waals surface area contributed by atoms with Gasteiger partial charge in [0.15, 0.2) is 0 Å². The van der Waals surface area contributed by atoms with Crippen molar-refractivity contribution in [2.24, 2.45) is 0 Å². The lowest BCUT2D eigenvalue weighted by atomic mass is 9.93. The molecule has 1 atom stereocenters. The second-order valence-corrected chi connectivity index (χ2v) is 11.7. The van der Waals surface area contributed by atoms with Crippen molar-refractivity contribution < 1.29 is 9.32 Å². The monoisotopic (exact) mass is 541 g/mol. The van der Waals surface area contributed by atoms with Crippen LogP contribution in [0.1, 0.15) is 54.2 Å². The summed E-state index contributed by atoms with van der Waals surface area (Å²) in [4.78, 5) is 24.5. The molecule has 1 unspecified atom stereocenters. The lowest BCUT2D eigenvalue weighted by Gasteiger charge is -2.41. The molecule has 0 radical (unpaired) electrons. The summed E-state index contributed by atoms with van der Waals surface area (Å²) < 4.78 is 5.47. The van der Waals surface area contributed by atoms with Crippen molar-refractivity contribution >= 4 is 28.9 Å². The van der Waals surface area contributed by atoms with E-state index in [0.29, 0.717) is 16.7 Å². The summed E-state index contributed by atoms with van der Waals surface area (Å²) in [5, 5.41) is 4.83. The van der Waals surface area contributed by atoms with Crippen LogP contribution >= 0.6 is 11.6 Å². The molecule has 39 heavy (non-hydrogen) atoms. The van der Waals surface area contributed by atoms with Gasteiger partial charge in [0.2, 0.25) is 11.7 Å². The number of benzene rings is 3. The molecule has 8 heteroatoms. The van der Waals surface area contributed by atoms with Crippen LogP contribution in [0.25, 0.3) is 11.4 Å². The molecule has 1 aromatic heterocycles. The first-order valence-corrected chi connectivity index (χ1v) is 13.7. The number of hydrogen-bond donors (Lipinski definition) is 0. The zero-order valence-electron chi connectivity index (χ0n) is 22.7. The van der Waals surface area contributed by atoms with E-state index in [-0.39, 0.29) is 17.4 Å². The van der Waals surface area contributed by atoms with Crippen LogP contribution in [-0.4, -0.2) is 54.2 Å². The highest BCUT2D eigenvalue weighted by Crippen LogP contribution is 2.41. The summed E-state index contributed by atoms with van der Waals surface area (Å²) in [5.74, 6) is 1.18. The molecule has 4 aromatic rings. The number of fused-ring (bicyclic) bond motifs is 2. The number of anilines is 2. The van der Waals surface area contributed by atoms with Gasteiger partial charge in [-0.3, -0.25) is 9.69 Å². The predicted molar refractivity (Wildman–Crippen MR) is 155 cm³/mol. The minimum Gasteiger partial charge on any atom is -0.368 e. The summed E-state index contributed by atoms with van der Waals surface area (Å²) >= 11 is 6.80. The van der Waals surface area contributed by atoms with E-state index >= 15 is 0 Å². The molecule has 3 aromatic carbocycles. The van der Waals surface area contributed by atoms with Gasteiger partial charge in [0, 0.05) is 55.5 Å². The smallest absolute Gasteiger partial charge is 0.258 e. The fraction of sp³-hybridized carbons (Fsp3) is 0.323. The van der Waals surface area contributed by atoms with E-state index in [1.807, 2.05) is 76.3 Å². The van der Waals surface area contributed by atoms with Gasteiger partial charge in [-0.15, -0.1) is 0 Å². The molecule has 200 valence electrons. The lowest BCUT2D eigenvalue weighted by Crippen LogP contribution is -2.48. The minimum absolute atomic E-state index is 0.00144. The molecule has 0 bridgehead atoms. The average Bonchev–Trinajstić information content (AvgIpc) is 3.42. The molecular weight excluding hydrogens is 510 g/mol. The Morgan fingerprint density at radius 3 is 2.28 bits per heavy atom. The molecule has 0 saturated carbocycles. The highest BCUT2D eigenvalue weighted by Gasteiger charge is 2.35. The van der Waals surface area contributed by atoms with Crippen molar-refractivity contribution in [3.05, 3.63) is 94.3 Å². The van der Waals surface area contributed by atoms with Gasteiger partial charge in [-0.05, 0) is 41.5 Å². The molecule has 3 heterocycles. The number of carbonyl (C=O) groups excluding carboxylic acids is 1. The number of amides is 1. The number of rotatable bonds is 3. The van der Waals surface area contributed by atoms with Crippen LogP contribution in [0.15, 0.2) is 71.3 Å². The van der Waals surface area contributed by atoms with Crippen LogP contribution in [0.5, 0.6) is 0 Å². The molecule has 0 N–H and O–H groups in total. The minimum atomic E-state index is -0.213. The van der Waals surface area contributed by atoms with E-state index in [1.165, 1.54) is 0 Å². The van der Waals surface area contributed by atoms with Crippen molar-refractivity contribution in [3.63, 3.8) is 0 Å². The predicted octanol–water partition coefficient (Wildman–Crippen LogP) is 6.19. The van der Waals surface area contributed by atoms with Crippen molar-refractivity contribution in [1.29, 1.82) is 0 Å². The Morgan fingerprint density at radius 1 is 0.897 bits per heavy atom. The van der Waals surface area contributed by atoms with Crippen molar-refractivity contribution in [1.82, 2.24) is 15.0 Å². The highest BCUT2D eigenvalue weighted by atomic mass is 35.5. The average molecular weight is 542 g/mol. The maximum atomic E-state index is 13.4. The van der Waals surface area contributed by atoms with E-state index in [2.05, 4.69) is 38.1 Å². The van der Waals surface area contributed by atoms with Crippen molar-refractivity contribution in [3.8, 4) is 11.4 Å². The van der Waals surface area contributed by atoms with Gasteiger partial charge in [0.1, 0.15) is 0 Å². The van der Waals surface area contributed by atoms with Crippen LogP contribution in [-0.2, 0) is 5.41 Å². The highest BCUT2D eigenvalue weighted by molar-refractivity contribution is 6.33. The van der Waals surface area contributed by atoms with Crippen LogP contribution in [0.3, 0.4) is 0 Å². The van der Waals surface area contributed by atoms with Crippen LogP contribution < -0.4 is 9.80 Å². The van der Waals surface area contributed by atoms with Gasteiger partial charge in [-0.25, -0.2) is 0 Å². The lowest BCUT2D eigenvalue weighted by molar-refractivity contribution is 0.0992. The molecule has 7 nitrogen and oxygen atoms in total. The molecule has 1 fully saturated rings. The Balaban J connectivity index is 1.25. The zero-order chi connectivity index (χ0) is 27.3. The molecule has 2 aliphatic rings. The summed E-state index contributed by atoms with van der Waals surface area (Å²) in [5.41, 5.74) is 5.56. The fourth-order valence-corrected chi connectivity index (χ4v) is 5.87. The molecule has 2 aliphatic heterocycles. The number of carbonyl (C=O) groups is 1. The number of piperazine rings is 1. The van der Waals surface area contributed by atoms with E-state index < -0.39 is 0 Å². The molecule has 1 amide bonds. The maximum absolute atomic E-state index is 13.4. The SMILES string of the molecule is CN1C(=O)c2ccccc2C(N2CCN(c3ccc(-c4noc(C(C)(C)C)n4)cc3Cl)CC2)c2ccccc21. The molecule has 1 saturated heterocycles. The van der Waals surface area contributed by atoms with Crippen LogP contribution in [0.2, 0.25) is 5.02 Å². The Kier molecular flexibility index (Phi) is 6.44. The van der Waals surface area contributed by atoms with Crippen LogP contribution in [0, 0.1) is 0 Å². The third-order valence-electron chi connectivity index (χ3n) is 7.68. The first kappa shape index (κ1) is 25.6. The first-order valence-electron chi connectivity index (χ1n) is 13.3. The Morgan fingerprint density at radius 2 is 1.59 bits per heavy atom. The molecule has 0 aliphatic carbocycles. The quantitative estimate of drug-likeness (QED) is 0.308. The van der Waals surface area contributed by atoms with Crippen LogP contribution in [0.4, 0.5) is 11.4 Å². The molecule has 6 rings (SSSR count). The number of hydrogen-bond acceptors (Lipinski definition) is 6. The van der Waals surface area contributed by atoms with Gasteiger partial charge >= 0.3 is 0 Å². The van der Waals surface area contributed by atoms with E-state index in [4.69, 9.17) is 16.1 Å². The van der Waals surface area contributed by atoms with Gasteiger partial charge in [0.25, 0.3) is 5.91 Å². The van der Waals surface area contributed by atoms with E-state index in [9.17, 15) is 4.79 Å². The van der Waals surface area contributed by atoms with Crippen molar-refractivity contribution in [2.45, 2.75) is 32.2 Å². The Hall–Kier alpha value is -3.68. The second-order valence-electron chi connectivity index (χ2n) is 11.3. The summed E-state index contributed by atoms with van der Waals surface area (Å²) in [6.45, 7) is 9.44. The first-order chi connectivity index (χ1) is 18.7. The van der Waals surface area contributed by atoms with Gasteiger partial charge in [0.05, 0.1) is 16.8 Å². The van der Waals surface area contributed by atoms with Crippen molar-refractivity contribution in [2.75, 3.05) is 43.0 Å². The van der Waals surface area contributed by atoms with E-state index in [0.717, 1.165) is 59.8 Å². The third kappa shape index (κ3) is 4.60. The normalized spacial score (nSPS) is 18.1. The van der Waals surface area contributed by atoms with Gasteiger partial charge in [-0.2, -0.15) is 4.98 Å². The molecular formula is C31H32ClN5O2. The maximum Gasteiger partial charge on any atom is 0.258 e. The fourth-order valence-electron chi connectivity index (χ4n) is 5.57. The zero-order valence-corrected chi connectivity index (χ0v) is 23.4. The molecule has 0 spiro atoms. The number of para-hydroxylation sites is 1. The van der Waals surface area contributed by atoms with E-state index in [1.54, 1.807) is 4.90 Å². The van der Waals surface area contributed by atoms with Gasteiger partial charge < -0.3 is 14.3 Å². The number of aromatic nitrogens is 2.